The van der Waals surface area contributed by atoms with E-state index in [1.807, 2.05) is 56.3 Å². The number of rotatable bonds is 3. The molecular weight excluding hydrogens is 294 g/mol. The van der Waals surface area contributed by atoms with Crippen LogP contribution in [0.1, 0.15) is 18.1 Å². The molecule has 0 aliphatic carbocycles. The molecule has 0 fully saturated rings. The summed E-state index contributed by atoms with van der Waals surface area (Å²) in [6.07, 6.45) is 1.92. The lowest BCUT2D eigenvalue weighted by atomic mass is 10.1. The van der Waals surface area contributed by atoms with E-state index in [-0.39, 0.29) is 5.91 Å². The van der Waals surface area contributed by atoms with Gasteiger partial charge in [0.2, 0.25) is 0 Å². The van der Waals surface area contributed by atoms with Crippen molar-refractivity contribution in [1.29, 1.82) is 0 Å². The molecule has 112 valence electrons. The minimum atomic E-state index is -0.0665. The molecule has 3 nitrogen and oxygen atoms in total. The van der Waals surface area contributed by atoms with E-state index in [4.69, 9.17) is 4.74 Å². The minimum Gasteiger partial charge on any atom is -0.494 e. The number of carbonyl (C=O) groups is 1. The summed E-state index contributed by atoms with van der Waals surface area (Å²) in [4.78, 5) is 13.9. The lowest BCUT2D eigenvalue weighted by Crippen LogP contribution is -2.17. The van der Waals surface area contributed by atoms with Gasteiger partial charge in [0.1, 0.15) is 5.75 Å². The summed E-state index contributed by atoms with van der Waals surface area (Å²) in [6.45, 7) is 4.62. The van der Waals surface area contributed by atoms with E-state index in [0.717, 1.165) is 21.9 Å². The van der Waals surface area contributed by atoms with E-state index in [9.17, 15) is 4.79 Å². The fraction of sp³-hybridized carbons (Fsp3) is 0.167. The molecule has 0 aromatic heterocycles. The highest BCUT2D eigenvalue weighted by molar-refractivity contribution is 8.04. The Bertz CT molecular complexity index is 753. The maximum atomic E-state index is 12.2. The van der Waals surface area contributed by atoms with Crippen LogP contribution in [0.5, 0.6) is 5.75 Å². The van der Waals surface area contributed by atoms with E-state index in [1.165, 1.54) is 17.3 Å². The second-order valence-electron chi connectivity index (χ2n) is 5.07. The van der Waals surface area contributed by atoms with Crippen LogP contribution < -0.4 is 10.1 Å². The summed E-state index contributed by atoms with van der Waals surface area (Å²) in [5.41, 5.74) is 3.04. The van der Waals surface area contributed by atoms with Crippen molar-refractivity contribution in [3.8, 4) is 5.75 Å². The predicted molar refractivity (Wildman–Crippen MR) is 91.3 cm³/mol. The van der Waals surface area contributed by atoms with Gasteiger partial charge in [0.15, 0.2) is 0 Å². The van der Waals surface area contributed by atoms with Gasteiger partial charge in [-0.05, 0) is 43.7 Å². The standard InChI is InChI=1S/C18H17NO2S/c1-3-21-14-7-8-15-16(11-14)22-17(18(20)19-15)10-13-6-4-5-12(2)9-13/h4-11H,3H2,1-2H3,(H,19,20). The summed E-state index contributed by atoms with van der Waals surface area (Å²) in [5, 5.41) is 2.93. The van der Waals surface area contributed by atoms with Gasteiger partial charge in [-0.3, -0.25) is 4.79 Å². The van der Waals surface area contributed by atoms with Crippen molar-refractivity contribution in [1.82, 2.24) is 0 Å². The van der Waals surface area contributed by atoms with Crippen molar-refractivity contribution in [2.24, 2.45) is 0 Å². The third kappa shape index (κ3) is 3.17. The van der Waals surface area contributed by atoms with Crippen molar-refractivity contribution in [3.05, 3.63) is 58.5 Å². The van der Waals surface area contributed by atoms with E-state index < -0.39 is 0 Å². The van der Waals surface area contributed by atoms with Gasteiger partial charge in [-0.25, -0.2) is 0 Å². The summed E-state index contributed by atoms with van der Waals surface area (Å²) >= 11 is 1.47. The Kier molecular flexibility index (Phi) is 4.20. The summed E-state index contributed by atoms with van der Waals surface area (Å²) < 4.78 is 5.52. The zero-order valence-corrected chi connectivity index (χ0v) is 13.4. The van der Waals surface area contributed by atoms with E-state index in [1.54, 1.807) is 0 Å². The largest absolute Gasteiger partial charge is 0.494 e. The first-order valence-electron chi connectivity index (χ1n) is 7.20. The first-order chi connectivity index (χ1) is 10.7. The molecule has 0 spiro atoms. The highest BCUT2D eigenvalue weighted by Crippen LogP contribution is 2.40. The Hall–Kier alpha value is -2.20. The van der Waals surface area contributed by atoms with Crippen LogP contribution in [0, 0.1) is 6.92 Å². The maximum Gasteiger partial charge on any atom is 0.262 e. The second-order valence-corrected chi connectivity index (χ2v) is 6.15. The molecule has 3 rings (SSSR count). The average Bonchev–Trinajstić information content (AvgIpc) is 2.49. The van der Waals surface area contributed by atoms with Gasteiger partial charge in [0.05, 0.1) is 17.2 Å². The van der Waals surface area contributed by atoms with Gasteiger partial charge < -0.3 is 10.1 Å². The smallest absolute Gasteiger partial charge is 0.262 e. The second kappa shape index (κ2) is 6.28. The molecule has 0 saturated carbocycles. The molecule has 4 heteroatoms. The van der Waals surface area contributed by atoms with Gasteiger partial charge in [-0.2, -0.15) is 0 Å². The number of anilines is 1. The Morgan fingerprint density at radius 2 is 2.09 bits per heavy atom. The Labute approximate surface area is 134 Å². The lowest BCUT2D eigenvalue weighted by molar-refractivity contribution is -0.112. The fourth-order valence-electron chi connectivity index (χ4n) is 2.30. The quantitative estimate of drug-likeness (QED) is 0.849. The molecular formula is C18H17NO2S. The van der Waals surface area contributed by atoms with Crippen molar-refractivity contribution in [2.45, 2.75) is 18.7 Å². The Morgan fingerprint density at radius 1 is 1.23 bits per heavy atom. The zero-order chi connectivity index (χ0) is 15.5. The SMILES string of the molecule is CCOc1ccc2c(c1)SC(=Cc1cccc(C)c1)C(=O)N2. The van der Waals surface area contributed by atoms with Gasteiger partial charge in [0, 0.05) is 4.90 Å². The number of fused-ring (bicyclic) bond motifs is 1. The van der Waals surface area contributed by atoms with Crippen molar-refractivity contribution < 1.29 is 9.53 Å². The monoisotopic (exact) mass is 311 g/mol. The molecule has 2 aromatic rings. The summed E-state index contributed by atoms with van der Waals surface area (Å²) in [7, 11) is 0. The number of ether oxygens (including phenoxy) is 1. The van der Waals surface area contributed by atoms with Crippen LogP contribution in [0.4, 0.5) is 5.69 Å². The van der Waals surface area contributed by atoms with Crippen molar-refractivity contribution in [2.75, 3.05) is 11.9 Å². The lowest BCUT2D eigenvalue weighted by Gasteiger charge is -2.19. The fourth-order valence-corrected chi connectivity index (χ4v) is 3.28. The third-order valence-electron chi connectivity index (χ3n) is 3.30. The van der Waals surface area contributed by atoms with Crippen LogP contribution in [0.3, 0.4) is 0 Å². The molecule has 1 heterocycles. The number of hydrogen-bond acceptors (Lipinski definition) is 3. The number of amides is 1. The molecule has 0 unspecified atom stereocenters. The number of aryl methyl sites for hydroxylation is 1. The molecule has 0 saturated heterocycles. The third-order valence-corrected chi connectivity index (χ3v) is 4.38. The topological polar surface area (TPSA) is 38.3 Å². The maximum absolute atomic E-state index is 12.2. The van der Waals surface area contributed by atoms with Crippen LogP contribution >= 0.6 is 11.8 Å². The summed E-state index contributed by atoms with van der Waals surface area (Å²) in [6, 6.07) is 13.8. The molecule has 1 aliphatic heterocycles. The van der Waals surface area contributed by atoms with Gasteiger partial charge in [-0.1, -0.05) is 41.6 Å². The van der Waals surface area contributed by atoms with Crippen LogP contribution in [-0.2, 0) is 4.79 Å². The molecule has 1 N–H and O–H groups in total. The molecule has 0 atom stereocenters. The number of benzene rings is 2. The van der Waals surface area contributed by atoms with Crippen LogP contribution in [0.25, 0.3) is 6.08 Å². The average molecular weight is 311 g/mol. The summed E-state index contributed by atoms with van der Waals surface area (Å²) in [5.74, 6) is 0.753. The van der Waals surface area contributed by atoms with Crippen molar-refractivity contribution >= 4 is 29.4 Å². The normalized spacial score (nSPS) is 15.4. The highest BCUT2D eigenvalue weighted by atomic mass is 32.2. The number of thioether (sulfide) groups is 1. The Morgan fingerprint density at radius 3 is 2.86 bits per heavy atom. The predicted octanol–water partition coefficient (Wildman–Crippen LogP) is 4.48. The van der Waals surface area contributed by atoms with Gasteiger partial charge in [0.25, 0.3) is 5.91 Å². The zero-order valence-electron chi connectivity index (χ0n) is 12.6. The number of hydrogen-bond donors (Lipinski definition) is 1. The molecule has 1 amide bonds. The van der Waals surface area contributed by atoms with E-state index >= 15 is 0 Å². The van der Waals surface area contributed by atoms with Crippen molar-refractivity contribution in [3.63, 3.8) is 0 Å². The molecule has 2 aromatic carbocycles. The first-order valence-corrected chi connectivity index (χ1v) is 8.02. The van der Waals surface area contributed by atoms with Crippen LogP contribution in [-0.4, -0.2) is 12.5 Å². The first kappa shape index (κ1) is 14.7. The van der Waals surface area contributed by atoms with E-state index in [2.05, 4.69) is 11.4 Å². The minimum absolute atomic E-state index is 0.0665. The van der Waals surface area contributed by atoms with Gasteiger partial charge >= 0.3 is 0 Å². The number of carbonyl (C=O) groups excluding carboxylic acids is 1. The van der Waals surface area contributed by atoms with Crippen LogP contribution in [0.2, 0.25) is 0 Å². The molecule has 0 radical (unpaired) electrons. The van der Waals surface area contributed by atoms with Gasteiger partial charge in [-0.15, -0.1) is 0 Å². The highest BCUT2D eigenvalue weighted by Gasteiger charge is 2.21. The van der Waals surface area contributed by atoms with Crippen LogP contribution in [0.15, 0.2) is 52.3 Å². The molecule has 22 heavy (non-hydrogen) atoms. The Balaban J connectivity index is 1.92. The molecule has 1 aliphatic rings. The molecule has 0 bridgehead atoms. The van der Waals surface area contributed by atoms with E-state index in [0.29, 0.717) is 11.5 Å². The number of nitrogens with one attached hydrogen (secondary N) is 1.